The minimum Gasteiger partial charge on any atom is -0.357 e. The van der Waals surface area contributed by atoms with Gasteiger partial charge in [0.05, 0.1) is 11.6 Å². The van der Waals surface area contributed by atoms with Gasteiger partial charge in [-0.1, -0.05) is 0 Å². The van der Waals surface area contributed by atoms with Crippen molar-refractivity contribution in [3.63, 3.8) is 0 Å². The third-order valence-corrected chi connectivity index (χ3v) is 5.02. The number of thiazole rings is 1. The molecule has 0 bridgehead atoms. The highest BCUT2D eigenvalue weighted by molar-refractivity contribution is 7.09. The number of guanidine groups is 1. The van der Waals surface area contributed by atoms with Crippen LogP contribution in [0.5, 0.6) is 0 Å². The van der Waals surface area contributed by atoms with Gasteiger partial charge < -0.3 is 10.6 Å². The summed E-state index contributed by atoms with van der Waals surface area (Å²) >= 11 is 0.974. The van der Waals surface area contributed by atoms with Crippen LogP contribution in [-0.4, -0.2) is 61.0 Å². The quantitative estimate of drug-likeness (QED) is 0.410. The van der Waals surface area contributed by atoms with Gasteiger partial charge in [0.15, 0.2) is 11.7 Å². The van der Waals surface area contributed by atoms with Gasteiger partial charge in [0.25, 0.3) is 6.43 Å². The average molecular weight is 413 g/mol. The Labute approximate surface area is 159 Å². The first-order valence-corrected chi connectivity index (χ1v) is 9.72. The zero-order valence-corrected chi connectivity index (χ0v) is 15.8. The van der Waals surface area contributed by atoms with Gasteiger partial charge in [-0.15, -0.1) is 11.3 Å². The predicted octanol–water partition coefficient (Wildman–Crippen LogP) is 2.99. The molecular formula is C16H24F5N5S. The van der Waals surface area contributed by atoms with Crippen molar-refractivity contribution < 1.29 is 22.0 Å². The number of aliphatic imine (C=N–C) groups is 1. The molecule has 0 aliphatic carbocycles. The molecule has 154 valence electrons. The molecule has 1 aromatic rings. The molecule has 0 aromatic carbocycles. The van der Waals surface area contributed by atoms with E-state index in [1.807, 2.05) is 6.92 Å². The molecule has 0 unspecified atom stereocenters. The lowest BCUT2D eigenvalue weighted by Crippen LogP contribution is -2.49. The van der Waals surface area contributed by atoms with Crippen molar-refractivity contribution in [1.29, 1.82) is 0 Å². The second-order valence-electron chi connectivity index (χ2n) is 6.25. The number of hydrogen-bond acceptors (Lipinski definition) is 4. The van der Waals surface area contributed by atoms with Gasteiger partial charge in [-0.3, -0.25) is 9.89 Å². The van der Waals surface area contributed by atoms with Crippen molar-refractivity contribution in [2.24, 2.45) is 4.99 Å². The summed E-state index contributed by atoms with van der Waals surface area (Å²) in [6.45, 7) is 3.87. The first kappa shape index (κ1) is 21.8. The summed E-state index contributed by atoms with van der Waals surface area (Å²) in [5, 5.41) is 7.77. The van der Waals surface area contributed by atoms with Crippen LogP contribution in [-0.2, 0) is 12.6 Å². The number of likely N-dealkylation sites (tertiary alicyclic amines) is 1. The molecule has 1 aromatic heterocycles. The number of rotatable bonds is 7. The number of aromatic nitrogens is 1. The Morgan fingerprint density at radius 1 is 1.37 bits per heavy atom. The molecule has 1 saturated heterocycles. The van der Waals surface area contributed by atoms with E-state index in [4.69, 9.17) is 0 Å². The fraction of sp³-hybridized carbons (Fsp3) is 0.750. The molecule has 27 heavy (non-hydrogen) atoms. The van der Waals surface area contributed by atoms with Crippen LogP contribution in [0, 0.1) is 0 Å². The third kappa shape index (κ3) is 7.57. The second kappa shape index (κ2) is 10.2. The zero-order valence-electron chi connectivity index (χ0n) is 15.0. The van der Waals surface area contributed by atoms with Crippen molar-refractivity contribution in [3.8, 4) is 0 Å². The van der Waals surface area contributed by atoms with Crippen molar-refractivity contribution in [1.82, 2.24) is 20.5 Å². The second-order valence-corrected chi connectivity index (χ2v) is 7.19. The van der Waals surface area contributed by atoms with E-state index in [1.54, 1.807) is 4.90 Å². The van der Waals surface area contributed by atoms with Crippen LogP contribution in [0.15, 0.2) is 10.4 Å². The normalized spacial score (nSPS) is 17.5. The van der Waals surface area contributed by atoms with Crippen LogP contribution in [0.2, 0.25) is 0 Å². The fourth-order valence-corrected chi connectivity index (χ4v) is 3.58. The number of piperidine rings is 1. The Kier molecular flexibility index (Phi) is 8.21. The van der Waals surface area contributed by atoms with Gasteiger partial charge in [-0.2, -0.15) is 13.2 Å². The van der Waals surface area contributed by atoms with Crippen LogP contribution in [0.4, 0.5) is 22.0 Å². The highest BCUT2D eigenvalue weighted by Crippen LogP contribution is 2.30. The summed E-state index contributed by atoms with van der Waals surface area (Å²) in [5.41, 5.74) is -0.868. The van der Waals surface area contributed by atoms with E-state index in [9.17, 15) is 22.0 Å². The molecule has 11 heteroatoms. The van der Waals surface area contributed by atoms with Gasteiger partial charge >= 0.3 is 6.18 Å². The highest BCUT2D eigenvalue weighted by atomic mass is 32.1. The van der Waals surface area contributed by atoms with Gasteiger partial charge in [-0.25, -0.2) is 13.8 Å². The van der Waals surface area contributed by atoms with Crippen LogP contribution in [0.1, 0.15) is 30.5 Å². The van der Waals surface area contributed by atoms with Gasteiger partial charge in [0, 0.05) is 44.0 Å². The van der Waals surface area contributed by atoms with Gasteiger partial charge in [-0.05, 0) is 19.8 Å². The van der Waals surface area contributed by atoms with E-state index in [0.29, 0.717) is 43.6 Å². The fourth-order valence-electron chi connectivity index (χ4n) is 2.79. The Balaban J connectivity index is 1.81. The molecule has 5 nitrogen and oxygen atoms in total. The maximum Gasteiger partial charge on any atom is 0.434 e. The standard InChI is InChI=1S/C16H24F5N5S/c1-2-22-15(24-11-4-7-26(8-5-11)9-13(17)18)23-6-3-14-25-12(10-27-14)16(19,20)21/h10-11,13H,2-9H2,1H3,(H2,22,23,24). The minimum atomic E-state index is -4.42. The first-order chi connectivity index (χ1) is 12.8. The maximum atomic E-state index is 12.6. The predicted molar refractivity (Wildman–Crippen MR) is 95.4 cm³/mol. The smallest absolute Gasteiger partial charge is 0.357 e. The molecule has 0 radical (unpaired) electrons. The molecular weight excluding hydrogens is 389 g/mol. The Hall–Kier alpha value is -1.49. The van der Waals surface area contributed by atoms with Crippen LogP contribution >= 0.6 is 11.3 Å². The number of nitrogens with zero attached hydrogens (tertiary/aromatic N) is 3. The monoisotopic (exact) mass is 413 g/mol. The van der Waals surface area contributed by atoms with E-state index in [0.717, 1.165) is 29.6 Å². The minimum absolute atomic E-state index is 0.133. The molecule has 2 rings (SSSR count). The Morgan fingerprint density at radius 3 is 2.63 bits per heavy atom. The lowest BCUT2D eigenvalue weighted by atomic mass is 10.1. The molecule has 0 spiro atoms. The molecule has 1 aliphatic rings. The molecule has 0 saturated carbocycles. The van der Waals surface area contributed by atoms with Crippen molar-refractivity contribution in [3.05, 3.63) is 16.1 Å². The van der Waals surface area contributed by atoms with Crippen LogP contribution in [0.3, 0.4) is 0 Å². The van der Waals surface area contributed by atoms with E-state index in [-0.39, 0.29) is 12.6 Å². The Bertz CT molecular complexity index is 596. The number of halogens is 5. The third-order valence-electron chi connectivity index (χ3n) is 4.11. The number of nitrogens with one attached hydrogen (secondary N) is 2. The van der Waals surface area contributed by atoms with Crippen LogP contribution < -0.4 is 10.6 Å². The highest BCUT2D eigenvalue weighted by Gasteiger charge is 2.33. The largest absolute Gasteiger partial charge is 0.434 e. The van der Waals surface area contributed by atoms with E-state index in [2.05, 4.69) is 20.6 Å². The topological polar surface area (TPSA) is 52.6 Å². The lowest BCUT2D eigenvalue weighted by Gasteiger charge is -2.32. The summed E-state index contributed by atoms with van der Waals surface area (Å²) in [4.78, 5) is 9.72. The number of alkyl halides is 5. The summed E-state index contributed by atoms with van der Waals surface area (Å²) in [7, 11) is 0. The van der Waals surface area contributed by atoms with Crippen molar-refractivity contribution in [2.75, 3.05) is 32.7 Å². The summed E-state index contributed by atoms with van der Waals surface area (Å²) in [6.07, 6.45) is -4.95. The van der Waals surface area contributed by atoms with Crippen LogP contribution in [0.25, 0.3) is 0 Å². The average Bonchev–Trinajstić information content (AvgIpc) is 3.05. The summed E-state index contributed by atoms with van der Waals surface area (Å²) in [6, 6.07) is 0.133. The number of hydrogen-bond donors (Lipinski definition) is 2. The van der Waals surface area contributed by atoms with Crippen molar-refractivity contribution >= 4 is 17.3 Å². The van der Waals surface area contributed by atoms with Gasteiger partial charge in [0.2, 0.25) is 0 Å². The first-order valence-electron chi connectivity index (χ1n) is 8.85. The van der Waals surface area contributed by atoms with E-state index in [1.165, 1.54) is 0 Å². The molecule has 2 heterocycles. The van der Waals surface area contributed by atoms with Crippen molar-refractivity contribution in [2.45, 2.75) is 44.8 Å². The lowest BCUT2D eigenvalue weighted by molar-refractivity contribution is -0.140. The zero-order chi connectivity index (χ0) is 19.9. The van der Waals surface area contributed by atoms with E-state index < -0.39 is 18.3 Å². The molecule has 0 amide bonds. The molecule has 1 aliphatic heterocycles. The molecule has 2 N–H and O–H groups in total. The molecule has 1 fully saturated rings. The summed E-state index contributed by atoms with van der Waals surface area (Å²) < 4.78 is 62.5. The van der Waals surface area contributed by atoms with E-state index >= 15 is 0 Å². The molecule has 0 atom stereocenters. The SMILES string of the molecule is CCNC(=NCCc1nc(C(F)(F)F)cs1)NC1CCN(CC(F)F)CC1. The van der Waals surface area contributed by atoms with Gasteiger partial charge in [0.1, 0.15) is 0 Å². The summed E-state index contributed by atoms with van der Waals surface area (Å²) in [5.74, 6) is 0.581. The Morgan fingerprint density at radius 2 is 2.07 bits per heavy atom. The maximum absolute atomic E-state index is 12.6.